The van der Waals surface area contributed by atoms with Crippen molar-refractivity contribution < 1.29 is 5.11 Å². The molecular formula is C11H21NO. The Labute approximate surface area is 80.7 Å². The summed E-state index contributed by atoms with van der Waals surface area (Å²) in [6.45, 7) is 4.60. The SMILES string of the molecule is CCC1(C)CC1NC1CCCC1O. The van der Waals surface area contributed by atoms with Gasteiger partial charge in [-0.3, -0.25) is 0 Å². The fraction of sp³-hybridized carbons (Fsp3) is 1.00. The summed E-state index contributed by atoms with van der Waals surface area (Å²) >= 11 is 0. The summed E-state index contributed by atoms with van der Waals surface area (Å²) in [7, 11) is 0. The Morgan fingerprint density at radius 3 is 2.69 bits per heavy atom. The molecule has 0 radical (unpaired) electrons. The van der Waals surface area contributed by atoms with Crippen LogP contribution in [0, 0.1) is 5.41 Å². The molecule has 0 saturated heterocycles. The minimum Gasteiger partial charge on any atom is -0.392 e. The van der Waals surface area contributed by atoms with Crippen LogP contribution in [0.3, 0.4) is 0 Å². The summed E-state index contributed by atoms with van der Waals surface area (Å²) in [5, 5.41) is 13.2. The Morgan fingerprint density at radius 2 is 2.23 bits per heavy atom. The first-order chi connectivity index (χ1) is 6.15. The molecule has 0 spiro atoms. The highest BCUT2D eigenvalue weighted by Crippen LogP contribution is 2.48. The molecule has 4 unspecified atom stereocenters. The third-order valence-corrected chi connectivity index (χ3v) is 4.05. The van der Waals surface area contributed by atoms with E-state index in [1.165, 1.54) is 19.3 Å². The molecule has 0 aromatic heterocycles. The average Bonchev–Trinajstić information content (AvgIpc) is 2.57. The molecule has 0 aliphatic heterocycles. The van der Waals surface area contributed by atoms with Gasteiger partial charge in [0.05, 0.1) is 6.10 Å². The highest BCUT2D eigenvalue weighted by Gasteiger charge is 2.49. The monoisotopic (exact) mass is 183 g/mol. The zero-order chi connectivity index (χ0) is 9.47. The van der Waals surface area contributed by atoms with E-state index in [9.17, 15) is 5.11 Å². The van der Waals surface area contributed by atoms with Crippen LogP contribution in [-0.4, -0.2) is 23.3 Å². The summed E-state index contributed by atoms with van der Waals surface area (Å²) in [4.78, 5) is 0. The van der Waals surface area contributed by atoms with Gasteiger partial charge in [0.15, 0.2) is 0 Å². The van der Waals surface area contributed by atoms with Crippen LogP contribution in [0.25, 0.3) is 0 Å². The first kappa shape index (κ1) is 9.47. The smallest absolute Gasteiger partial charge is 0.0693 e. The number of rotatable bonds is 3. The molecule has 0 aromatic carbocycles. The van der Waals surface area contributed by atoms with E-state index >= 15 is 0 Å². The second-order valence-corrected chi connectivity index (χ2v) is 5.04. The Kier molecular flexibility index (Phi) is 2.37. The van der Waals surface area contributed by atoms with Crippen molar-refractivity contribution in [2.75, 3.05) is 0 Å². The van der Waals surface area contributed by atoms with Gasteiger partial charge in [-0.15, -0.1) is 0 Å². The normalized spacial score (nSPS) is 49.6. The van der Waals surface area contributed by atoms with Gasteiger partial charge in [-0.25, -0.2) is 0 Å². The van der Waals surface area contributed by atoms with E-state index < -0.39 is 0 Å². The summed E-state index contributed by atoms with van der Waals surface area (Å²) in [5.74, 6) is 0. The Balaban J connectivity index is 1.80. The van der Waals surface area contributed by atoms with Gasteiger partial charge < -0.3 is 10.4 Å². The predicted molar refractivity (Wildman–Crippen MR) is 53.6 cm³/mol. The summed E-state index contributed by atoms with van der Waals surface area (Å²) in [6.07, 6.45) is 5.82. The Morgan fingerprint density at radius 1 is 1.46 bits per heavy atom. The van der Waals surface area contributed by atoms with Crippen LogP contribution in [0.4, 0.5) is 0 Å². The second-order valence-electron chi connectivity index (χ2n) is 5.04. The first-order valence-electron chi connectivity index (χ1n) is 5.60. The minimum absolute atomic E-state index is 0.0818. The molecule has 2 N–H and O–H groups in total. The maximum atomic E-state index is 9.65. The number of hydrogen-bond acceptors (Lipinski definition) is 2. The zero-order valence-electron chi connectivity index (χ0n) is 8.71. The van der Waals surface area contributed by atoms with E-state index in [1.807, 2.05) is 0 Å². The van der Waals surface area contributed by atoms with E-state index in [4.69, 9.17) is 0 Å². The van der Waals surface area contributed by atoms with Gasteiger partial charge in [0.25, 0.3) is 0 Å². The fourth-order valence-electron chi connectivity index (χ4n) is 2.45. The topological polar surface area (TPSA) is 32.3 Å². The molecule has 2 heteroatoms. The Bertz CT molecular complexity index is 195. The molecule has 2 saturated carbocycles. The lowest BCUT2D eigenvalue weighted by Crippen LogP contribution is -2.38. The number of aliphatic hydroxyl groups is 1. The van der Waals surface area contributed by atoms with E-state index in [-0.39, 0.29) is 6.10 Å². The molecule has 13 heavy (non-hydrogen) atoms. The van der Waals surface area contributed by atoms with Crippen LogP contribution in [-0.2, 0) is 0 Å². The molecule has 2 rings (SSSR count). The maximum absolute atomic E-state index is 9.65. The van der Waals surface area contributed by atoms with Gasteiger partial charge >= 0.3 is 0 Å². The van der Waals surface area contributed by atoms with E-state index in [2.05, 4.69) is 19.2 Å². The van der Waals surface area contributed by atoms with Crippen LogP contribution >= 0.6 is 0 Å². The minimum atomic E-state index is -0.0818. The van der Waals surface area contributed by atoms with Crippen LogP contribution in [0.2, 0.25) is 0 Å². The lowest BCUT2D eigenvalue weighted by atomic mass is 10.1. The highest BCUT2D eigenvalue weighted by atomic mass is 16.3. The number of aliphatic hydroxyl groups excluding tert-OH is 1. The van der Waals surface area contributed by atoms with Crippen molar-refractivity contribution in [3.05, 3.63) is 0 Å². The molecule has 2 aliphatic carbocycles. The van der Waals surface area contributed by atoms with E-state index in [1.54, 1.807) is 0 Å². The van der Waals surface area contributed by atoms with Crippen LogP contribution in [0.5, 0.6) is 0 Å². The lowest BCUT2D eigenvalue weighted by molar-refractivity contribution is 0.146. The molecule has 0 heterocycles. The highest BCUT2D eigenvalue weighted by molar-refractivity contribution is 5.06. The van der Waals surface area contributed by atoms with Gasteiger partial charge in [0, 0.05) is 12.1 Å². The van der Waals surface area contributed by atoms with Gasteiger partial charge in [-0.2, -0.15) is 0 Å². The molecule has 2 fully saturated rings. The standard InChI is InChI=1S/C11H21NO/c1-3-11(2)7-10(11)12-8-5-4-6-9(8)13/h8-10,12-13H,3-7H2,1-2H3. The molecule has 2 nitrogen and oxygen atoms in total. The lowest BCUT2D eigenvalue weighted by Gasteiger charge is -2.18. The summed E-state index contributed by atoms with van der Waals surface area (Å²) < 4.78 is 0. The third kappa shape index (κ3) is 1.75. The van der Waals surface area contributed by atoms with Crippen LogP contribution < -0.4 is 5.32 Å². The zero-order valence-corrected chi connectivity index (χ0v) is 8.71. The summed E-state index contributed by atoms with van der Waals surface area (Å²) in [6, 6.07) is 1.06. The van der Waals surface area contributed by atoms with Crippen molar-refractivity contribution in [2.45, 2.75) is 64.1 Å². The van der Waals surface area contributed by atoms with Gasteiger partial charge in [0.1, 0.15) is 0 Å². The number of nitrogens with one attached hydrogen (secondary N) is 1. The molecule has 0 aromatic rings. The van der Waals surface area contributed by atoms with Crippen molar-refractivity contribution in [1.82, 2.24) is 5.32 Å². The quantitative estimate of drug-likeness (QED) is 0.697. The Hall–Kier alpha value is -0.0800. The van der Waals surface area contributed by atoms with Crippen molar-refractivity contribution >= 4 is 0 Å². The summed E-state index contributed by atoms with van der Waals surface area (Å²) in [5.41, 5.74) is 0.530. The third-order valence-electron chi connectivity index (χ3n) is 4.05. The van der Waals surface area contributed by atoms with E-state index in [0.29, 0.717) is 17.5 Å². The average molecular weight is 183 g/mol. The van der Waals surface area contributed by atoms with Gasteiger partial charge in [0.2, 0.25) is 0 Å². The van der Waals surface area contributed by atoms with Gasteiger partial charge in [-0.05, 0) is 37.5 Å². The molecule has 0 bridgehead atoms. The van der Waals surface area contributed by atoms with Crippen molar-refractivity contribution in [2.24, 2.45) is 5.41 Å². The molecule has 4 atom stereocenters. The molecule has 76 valence electrons. The first-order valence-corrected chi connectivity index (χ1v) is 5.60. The van der Waals surface area contributed by atoms with Gasteiger partial charge in [-0.1, -0.05) is 13.8 Å². The maximum Gasteiger partial charge on any atom is 0.0693 e. The van der Waals surface area contributed by atoms with Crippen molar-refractivity contribution in [3.8, 4) is 0 Å². The van der Waals surface area contributed by atoms with Crippen molar-refractivity contribution in [3.63, 3.8) is 0 Å². The van der Waals surface area contributed by atoms with Crippen LogP contribution in [0.15, 0.2) is 0 Å². The van der Waals surface area contributed by atoms with Crippen molar-refractivity contribution in [1.29, 1.82) is 0 Å². The second kappa shape index (κ2) is 3.25. The molecular weight excluding hydrogens is 162 g/mol. The fourth-order valence-corrected chi connectivity index (χ4v) is 2.45. The number of hydrogen-bond donors (Lipinski definition) is 2. The molecule has 2 aliphatic rings. The largest absolute Gasteiger partial charge is 0.392 e. The van der Waals surface area contributed by atoms with Crippen LogP contribution in [0.1, 0.15) is 46.0 Å². The van der Waals surface area contributed by atoms with E-state index in [0.717, 1.165) is 12.8 Å². The molecule has 0 amide bonds. The predicted octanol–water partition coefficient (Wildman–Crippen LogP) is 1.68.